The lowest BCUT2D eigenvalue weighted by Crippen LogP contribution is -2.23. The van der Waals surface area contributed by atoms with Gasteiger partial charge in [0.25, 0.3) is 0 Å². The Bertz CT molecular complexity index is 1120. The van der Waals surface area contributed by atoms with Crippen molar-refractivity contribution in [1.82, 2.24) is 10.3 Å². The third-order valence-corrected chi connectivity index (χ3v) is 5.21. The van der Waals surface area contributed by atoms with Gasteiger partial charge in [-0.05, 0) is 49.2 Å². The summed E-state index contributed by atoms with van der Waals surface area (Å²) in [4.78, 5) is 27.6. The van der Waals surface area contributed by atoms with Crippen LogP contribution < -0.4 is 5.32 Å². The number of fused-ring (bicyclic) bond motifs is 1. The van der Waals surface area contributed by atoms with Gasteiger partial charge in [-0.3, -0.25) is 4.79 Å². The number of ether oxygens (including phenoxy) is 1. The van der Waals surface area contributed by atoms with E-state index in [4.69, 9.17) is 39.5 Å². The predicted molar refractivity (Wildman–Crippen MR) is 121 cm³/mol. The molecule has 0 saturated heterocycles. The van der Waals surface area contributed by atoms with Gasteiger partial charge in [0.1, 0.15) is 5.69 Å². The summed E-state index contributed by atoms with van der Waals surface area (Å²) >= 11 is 18.1. The van der Waals surface area contributed by atoms with E-state index in [1.807, 2.05) is 6.07 Å². The minimum absolute atomic E-state index is 0.242. The molecule has 30 heavy (non-hydrogen) atoms. The van der Waals surface area contributed by atoms with Crippen molar-refractivity contribution in [2.75, 3.05) is 13.2 Å². The largest absolute Gasteiger partial charge is 0.461 e. The van der Waals surface area contributed by atoms with Gasteiger partial charge < -0.3 is 15.0 Å². The fraction of sp³-hybridized carbons (Fsp3) is 0.182. The molecule has 0 aliphatic carbocycles. The Morgan fingerprint density at radius 2 is 1.83 bits per heavy atom. The highest BCUT2D eigenvalue weighted by molar-refractivity contribution is 6.35. The zero-order valence-corrected chi connectivity index (χ0v) is 18.4. The highest BCUT2D eigenvalue weighted by Gasteiger charge is 2.17. The summed E-state index contributed by atoms with van der Waals surface area (Å²) in [5, 5.41) is 5.22. The van der Waals surface area contributed by atoms with Gasteiger partial charge in [0.05, 0.1) is 6.61 Å². The van der Waals surface area contributed by atoms with Crippen molar-refractivity contribution < 1.29 is 14.3 Å². The molecule has 0 unspecified atom stereocenters. The third-order valence-electron chi connectivity index (χ3n) is 4.39. The Balaban J connectivity index is 1.73. The highest BCUT2D eigenvalue weighted by Crippen LogP contribution is 2.27. The van der Waals surface area contributed by atoms with Crippen LogP contribution in [-0.4, -0.2) is 30.0 Å². The van der Waals surface area contributed by atoms with Crippen LogP contribution in [0, 0.1) is 0 Å². The summed E-state index contributed by atoms with van der Waals surface area (Å²) < 4.78 is 5.11. The number of aromatic amines is 1. The number of carbonyl (C=O) groups is 2. The van der Waals surface area contributed by atoms with E-state index in [9.17, 15) is 9.59 Å². The van der Waals surface area contributed by atoms with Gasteiger partial charge >= 0.3 is 5.97 Å². The highest BCUT2D eigenvalue weighted by atomic mass is 35.5. The van der Waals surface area contributed by atoms with E-state index in [1.165, 1.54) is 6.08 Å². The molecule has 1 heterocycles. The van der Waals surface area contributed by atoms with Gasteiger partial charge in [-0.2, -0.15) is 0 Å². The third kappa shape index (κ3) is 5.36. The monoisotopic (exact) mass is 464 g/mol. The van der Waals surface area contributed by atoms with Crippen molar-refractivity contribution in [3.63, 3.8) is 0 Å². The maximum atomic E-state index is 12.3. The van der Waals surface area contributed by atoms with E-state index in [1.54, 1.807) is 43.3 Å². The van der Waals surface area contributed by atoms with Gasteiger partial charge in [-0.1, -0.05) is 46.9 Å². The molecule has 0 bridgehead atoms. The minimum atomic E-state index is -0.498. The number of benzene rings is 2. The number of H-pyrrole nitrogens is 1. The Morgan fingerprint density at radius 3 is 2.57 bits per heavy atom. The second kappa shape index (κ2) is 10.0. The number of nitrogens with one attached hydrogen (secondary N) is 2. The van der Waals surface area contributed by atoms with Crippen LogP contribution in [0.2, 0.25) is 15.1 Å². The van der Waals surface area contributed by atoms with Gasteiger partial charge in [-0.15, -0.1) is 0 Å². The van der Waals surface area contributed by atoms with Crippen LogP contribution in [0.3, 0.4) is 0 Å². The number of aromatic nitrogens is 1. The first-order chi connectivity index (χ1) is 14.4. The van der Waals surface area contributed by atoms with E-state index < -0.39 is 5.97 Å². The number of carbonyl (C=O) groups excluding carboxylic acids is 2. The molecule has 0 aliphatic rings. The van der Waals surface area contributed by atoms with Gasteiger partial charge in [-0.25, -0.2) is 4.79 Å². The summed E-state index contributed by atoms with van der Waals surface area (Å²) in [5.74, 6) is -0.791. The molecule has 3 rings (SSSR count). The van der Waals surface area contributed by atoms with Crippen LogP contribution in [-0.2, 0) is 16.0 Å². The van der Waals surface area contributed by atoms with E-state index in [0.717, 1.165) is 10.9 Å². The summed E-state index contributed by atoms with van der Waals surface area (Å²) in [6.45, 7) is 2.37. The maximum Gasteiger partial charge on any atom is 0.355 e. The summed E-state index contributed by atoms with van der Waals surface area (Å²) in [6.07, 6.45) is 3.53. The van der Waals surface area contributed by atoms with Gasteiger partial charge in [0, 0.05) is 44.2 Å². The van der Waals surface area contributed by atoms with E-state index in [0.29, 0.717) is 39.1 Å². The van der Waals surface area contributed by atoms with Crippen LogP contribution in [0.4, 0.5) is 0 Å². The zero-order chi connectivity index (χ0) is 21.7. The first kappa shape index (κ1) is 22.2. The fourth-order valence-electron chi connectivity index (χ4n) is 2.99. The average Bonchev–Trinajstić information content (AvgIpc) is 3.06. The van der Waals surface area contributed by atoms with Gasteiger partial charge in [0.2, 0.25) is 5.91 Å². The fourth-order valence-corrected chi connectivity index (χ4v) is 3.67. The number of esters is 1. The Morgan fingerprint density at radius 1 is 1.10 bits per heavy atom. The van der Waals surface area contributed by atoms with Crippen LogP contribution in [0.1, 0.15) is 28.5 Å². The van der Waals surface area contributed by atoms with Crippen LogP contribution >= 0.6 is 34.8 Å². The van der Waals surface area contributed by atoms with Crippen molar-refractivity contribution in [2.24, 2.45) is 0 Å². The molecule has 1 amide bonds. The molecule has 5 nitrogen and oxygen atoms in total. The second-order valence-corrected chi connectivity index (χ2v) is 7.71. The Labute approximate surface area is 189 Å². The maximum absolute atomic E-state index is 12.3. The Kier molecular flexibility index (Phi) is 7.43. The van der Waals surface area contributed by atoms with E-state index in [-0.39, 0.29) is 18.2 Å². The molecular formula is C22H19Cl3N2O3. The SMILES string of the molecule is CCOC(=O)c1[nH]c2cc(Cl)ccc2c1/C=C/C(=O)NCCc1ccc(Cl)cc1Cl. The lowest BCUT2D eigenvalue weighted by molar-refractivity contribution is -0.116. The molecule has 0 saturated carbocycles. The smallest absolute Gasteiger partial charge is 0.355 e. The molecule has 1 aromatic heterocycles. The Hall–Kier alpha value is -2.47. The predicted octanol–water partition coefficient (Wildman–Crippen LogP) is 5.68. The van der Waals surface area contributed by atoms with Crippen LogP contribution in [0.25, 0.3) is 17.0 Å². The standard InChI is InChI=1S/C22H19Cl3N2O3/c1-2-30-22(29)21-17(16-6-5-15(24)12-19(16)27-21)7-8-20(28)26-10-9-13-3-4-14(23)11-18(13)25/h3-8,11-12,27H,2,9-10H2,1H3,(H,26,28)/b8-7+. The summed E-state index contributed by atoms with van der Waals surface area (Å²) in [5.41, 5.74) is 2.41. The zero-order valence-electron chi connectivity index (χ0n) is 16.1. The van der Waals surface area contributed by atoms with E-state index >= 15 is 0 Å². The summed E-state index contributed by atoms with van der Waals surface area (Å²) in [6, 6.07) is 10.5. The first-order valence-electron chi connectivity index (χ1n) is 9.27. The van der Waals surface area contributed by atoms with Crippen molar-refractivity contribution in [3.05, 3.63) is 74.4 Å². The van der Waals surface area contributed by atoms with Crippen LogP contribution in [0.15, 0.2) is 42.5 Å². The quantitative estimate of drug-likeness (QED) is 0.348. The van der Waals surface area contributed by atoms with Crippen molar-refractivity contribution in [2.45, 2.75) is 13.3 Å². The van der Waals surface area contributed by atoms with Crippen molar-refractivity contribution in [3.8, 4) is 0 Å². The normalized spacial score (nSPS) is 11.2. The van der Waals surface area contributed by atoms with E-state index in [2.05, 4.69) is 10.3 Å². The minimum Gasteiger partial charge on any atom is -0.461 e. The molecule has 8 heteroatoms. The molecule has 0 spiro atoms. The lowest BCUT2D eigenvalue weighted by atomic mass is 10.1. The van der Waals surface area contributed by atoms with Gasteiger partial charge in [0.15, 0.2) is 0 Å². The molecule has 2 aromatic carbocycles. The number of hydrogen-bond acceptors (Lipinski definition) is 3. The number of hydrogen-bond donors (Lipinski definition) is 2. The molecular weight excluding hydrogens is 447 g/mol. The number of rotatable bonds is 7. The lowest BCUT2D eigenvalue weighted by Gasteiger charge is -2.05. The first-order valence-corrected chi connectivity index (χ1v) is 10.4. The average molecular weight is 466 g/mol. The molecule has 156 valence electrons. The van der Waals surface area contributed by atoms with Crippen molar-refractivity contribution >= 4 is 63.7 Å². The molecule has 0 radical (unpaired) electrons. The number of amides is 1. The molecule has 0 aliphatic heterocycles. The molecule has 0 fully saturated rings. The molecule has 0 atom stereocenters. The summed E-state index contributed by atoms with van der Waals surface area (Å²) in [7, 11) is 0. The topological polar surface area (TPSA) is 71.2 Å². The second-order valence-electron chi connectivity index (χ2n) is 6.43. The molecule has 2 N–H and O–H groups in total. The van der Waals surface area contributed by atoms with Crippen LogP contribution in [0.5, 0.6) is 0 Å². The molecule has 3 aromatic rings. The number of halogens is 3. The van der Waals surface area contributed by atoms with Crippen molar-refractivity contribution in [1.29, 1.82) is 0 Å².